The highest BCUT2D eigenvalue weighted by Crippen LogP contribution is 2.22. The number of hydrogen-bond acceptors (Lipinski definition) is 5. The molecule has 2 aromatic heterocycles. The normalized spacial score (nSPS) is 11.7. The van der Waals surface area contributed by atoms with Crippen molar-refractivity contribution in [2.45, 2.75) is 11.4 Å². The number of nitrogens with one attached hydrogen (secondary N) is 2. The lowest BCUT2D eigenvalue weighted by atomic mass is 10.4. The van der Waals surface area contributed by atoms with Gasteiger partial charge in [-0.1, -0.05) is 0 Å². The van der Waals surface area contributed by atoms with E-state index in [1.54, 1.807) is 24.5 Å². The van der Waals surface area contributed by atoms with Gasteiger partial charge in [0.15, 0.2) is 5.96 Å². The van der Waals surface area contributed by atoms with Crippen molar-refractivity contribution in [2.75, 3.05) is 27.2 Å². The van der Waals surface area contributed by atoms with Crippen LogP contribution in [0.4, 0.5) is 0 Å². The van der Waals surface area contributed by atoms with Crippen LogP contribution in [0.2, 0.25) is 0 Å². The van der Waals surface area contributed by atoms with Crippen molar-refractivity contribution in [3.63, 3.8) is 0 Å². The molecule has 2 rings (SSSR count). The fourth-order valence-corrected chi connectivity index (χ4v) is 4.61. The van der Waals surface area contributed by atoms with Gasteiger partial charge in [-0.15, -0.1) is 35.3 Å². The van der Waals surface area contributed by atoms with Gasteiger partial charge in [0.05, 0.1) is 10.3 Å². The van der Waals surface area contributed by atoms with Crippen molar-refractivity contribution in [1.82, 2.24) is 19.9 Å². The lowest BCUT2D eigenvalue weighted by Crippen LogP contribution is -2.42. The van der Waals surface area contributed by atoms with Crippen LogP contribution in [0.1, 0.15) is 4.88 Å². The number of aromatic nitrogens is 1. The van der Waals surface area contributed by atoms with Crippen LogP contribution in [-0.2, 0) is 16.6 Å². The van der Waals surface area contributed by atoms with Crippen molar-refractivity contribution >= 4 is 67.2 Å². The SMILES string of the molecule is CN=C(NCCNS(=O)(=O)c1cccnc1)N(C)Cc1ccc(Br)s1.I. The number of rotatable bonds is 7. The molecule has 2 N–H and O–H groups in total. The molecule has 0 radical (unpaired) electrons. The molecule has 26 heavy (non-hydrogen) atoms. The maximum Gasteiger partial charge on any atom is 0.242 e. The molecule has 11 heteroatoms. The zero-order chi connectivity index (χ0) is 18.3. The summed E-state index contributed by atoms with van der Waals surface area (Å²) < 4.78 is 27.8. The van der Waals surface area contributed by atoms with E-state index in [-0.39, 0.29) is 35.4 Å². The lowest BCUT2D eigenvalue weighted by molar-refractivity contribution is 0.481. The zero-order valence-corrected chi connectivity index (χ0v) is 19.9. The van der Waals surface area contributed by atoms with E-state index in [9.17, 15) is 8.42 Å². The van der Waals surface area contributed by atoms with Crippen LogP contribution in [0, 0.1) is 0 Å². The van der Waals surface area contributed by atoms with Gasteiger partial charge in [0.1, 0.15) is 4.90 Å². The summed E-state index contributed by atoms with van der Waals surface area (Å²) in [4.78, 5) is 11.4. The molecule has 7 nitrogen and oxygen atoms in total. The van der Waals surface area contributed by atoms with Gasteiger partial charge in [0.2, 0.25) is 10.0 Å². The minimum absolute atomic E-state index is 0. The second kappa shape index (κ2) is 11.2. The summed E-state index contributed by atoms with van der Waals surface area (Å²) in [7, 11) is 0.0902. The molecule has 0 aromatic carbocycles. The van der Waals surface area contributed by atoms with E-state index in [1.165, 1.54) is 23.3 Å². The molecule has 0 amide bonds. The molecule has 0 saturated carbocycles. The van der Waals surface area contributed by atoms with Gasteiger partial charge in [-0.25, -0.2) is 13.1 Å². The molecule has 2 heterocycles. The quantitative estimate of drug-likeness (QED) is 0.230. The highest BCUT2D eigenvalue weighted by atomic mass is 127. The molecule has 144 valence electrons. The molecular formula is C15H21BrIN5O2S2. The van der Waals surface area contributed by atoms with E-state index in [2.05, 4.69) is 42.0 Å². The standard InChI is InChI=1S/C15H20BrN5O2S2.HI/c1-17-15(21(2)11-12-5-6-14(16)24-12)19-8-9-20-25(22,23)13-4-3-7-18-10-13;/h3-7,10,20H,8-9,11H2,1-2H3,(H,17,19);1H. The number of sulfonamides is 1. The van der Waals surface area contributed by atoms with E-state index >= 15 is 0 Å². The second-order valence-electron chi connectivity index (χ2n) is 5.12. The fraction of sp³-hybridized carbons (Fsp3) is 0.333. The number of nitrogens with zero attached hydrogens (tertiary/aromatic N) is 3. The van der Waals surface area contributed by atoms with E-state index < -0.39 is 10.0 Å². The summed E-state index contributed by atoms with van der Waals surface area (Å²) in [6.07, 6.45) is 2.86. The molecule has 0 saturated heterocycles. The van der Waals surface area contributed by atoms with Crippen LogP contribution in [-0.4, -0.2) is 51.4 Å². The van der Waals surface area contributed by atoms with Crippen molar-refractivity contribution in [2.24, 2.45) is 4.99 Å². The summed E-state index contributed by atoms with van der Waals surface area (Å²) >= 11 is 5.12. The summed E-state index contributed by atoms with van der Waals surface area (Å²) in [5.74, 6) is 0.699. The Morgan fingerprint density at radius 3 is 2.69 bits per heavy atom. The molecule has 0 aliphatic carbocycles. The largest absolute Gasteiger partial charge is 0.355 e. The number of halogens is 2. The monoisotopic (exact) mass is 573 g/mol. The van der Waals surface area contributed by atoms with Crippen molar-refractivity contribution in [3.8, 4) is 0 Å². The van der Waals surface area contributed by atoms with E-state index in [0.29, 0.717) is 12.5 Å². The van der Waals surface area contributed by atoms with Crippen LogP contribution in [0.15, 0.2) is 50.3 Å². The van der Waals surface area contributed by atoms with Gasteiger partial charge < -0.3 is 10.2 Å². The minimum Gasteiger partial charge on any atom is -0.355 e. The number of pyridine rings is 1. The third kappa shape index (κ3) is 7.10. The molecule has 0 bridgehead atoms. The van der Waals surface area contributed by atoms with Crippen LogP contribution >= 0.6 is 51.2 Å². The molecule has 0 aliphatic rings. The van der Waals surface area contributed by atoms with Crippen molar-refractivity contribution < 1.29 is 8.42 Å². The maximum atomic E-state index is 12.1. The van der Waals surface area contributed by atoms with E-state index in [0.717, 1.165) is 10.3 Å². The lowest BCUT2D eigenvalue weighted by Gasteiger charge is -2.21. The highest BCUT2D eigenvalue weighted by Gasteiger charge is 2.13. The Balaban J connectivity index is 0.00000338. The molecule has 2 aromatic rings. The Bertz CT molecular complexity index is 814. The van der Waals surface area contributed by atoms with Gasteiger partial charge >= 0.3 is 0 Å². The van der Waals surface area contributed by atoms with E-state index in [4.69, 9.17) is 0 Å². The Hall–Kier alpha value is -0.760. The van der Waals surface area contributed by atoms with Crippen molar-refractivity contribution in [1.29, 1.82) is 0 Å². The number of aliphatic imine (C=N–C) groups is 1. The van der Waals surface area contributed by atoms with Crippen LogP contribution in [0.25, 0.3) is 0 Å². The zero-order valence-electron chi connectivity index (χ0n) is 14.3. The first kappa shape index (κ1) is 23.3. The minimum atomic E-state index is -3.54. The Kier molecular flexibility index (Phi) is 10.00. The predicted molar refractivity (Wildman–Crippen MR) is 120 cm³/mol. The first-order valence-electron chi connectivity index (χ1n) is 7.48. The smallest absolute Gasteiger partial charge is 0.242 e. The van der Waals surface area contributed by atoms with Crippen LogP contribution in [0.3, 0.4) is 0 Å². The van der Waals surface area contributed by atoms with Crippen LogP contribution in [0.5, 0.6) is 0 Å². The Morgan fingerprint density at radius 2 is 2.12 bits per heavy atom. The average molecular weight is 574 g/mol. The molecule has 0 unspecified atom stereocenters. The molecule has 0 aliphatic heterocycles. The fourth-order valence-electron chi connectivity index (χ4n) is 2.08. The van der Waals surface area contributed by atoms with Gasteiger partial charge in [-0.2, -0.15) is 0 Å². The average Bonchev–Trinajstić information content (AvgIpc) is 3.00. The molecule has 0 fully saturated rings. The van der Waals surface area contributed by atoms with Crippen LogP contribution < -0.4 is 10.0 Å². The predicted octanol–water partition coefficient (Wildman–Crippen LogP) is 2.51. The Morgan fingerprint density at radius 1 is 1.35 bits per heavy atom. The van der Waals surface area contributed by atoms with Gasteiger partial charge in [0.25, 0.3) is 0 Å². The number of guanidine groups is 1. The molecular weight excluding hydrogens is 553 g/mol. The second-order valence-corrected chi connectivity index (χ2v) is 9.44. The summed E-state index contributed by atoms with van der Waals surface area (Å²) in [5.41, 5.74) is 0. The first-order chi connectivity index (χ1) is 11.9. The van der Waals surface area contributed by atoms with Gasteiger partial charge in [-0.05, 0) is 40.2 Å². The van der Waals surface area contributed by atoms with E-state index in [1.807, 2.05) is 18.0 Å². The summed E-state index contributed by atoms with van der Waals surface area (Å²) in [6, 6.07) is 7.17. The molecule has 0 spiro atoms. The van der Waals surface area contributed by atoms with Crippen molar-refractivity contribution in [3.05, 3.63) is 45.3 Å². The Labute approximate surface area is 183 Å². The highest BCUT2D eigenvalue weighted by molar-refractivity contribution is 14.0. The topological polar surface area (TPSA) is 86.7 Å². The maximum absolute atomic E-state index is 12.1. The number of thiophene rings is 1. The molecule has 0 atom stereocenters. The summed E-state index contributed by atoms with van der Waals surface area (Å²) in [6.45, 7) is 1.39. The van der Waals surface area contributed by atoms with Gasteiger partial charge in [0, 0.05) is 44.5 Å². The third-order valence-electron chi connectivity index (χ3n) is 3.24. The number of hydrogen-bond donors (Lipinski definition) is 2. The third-order valence-corrected chi connectivity index (χ3v) is 6.29. The van der Waals surface area contributed by atoms with Gasteiger partial charge in [-0.3, -0.25) is 9.98 Å². The first-order valence-corrected chi connectivity index (χ1v) is 10.6. The summed E-state index contributed by atoms with van der Waals surface area (Å²) in [5, 5.41) is 3.15.